The highest BCUT2D eigenvalue weighted by molar-refractivity contribution is 5.86. The summed E-state index contributed by atoms with van der Waals surface area (Å²) in [5.41, 5.74) is 3.18. The van der Waals surface area contributed by atoms with Crippen molar-refractivity contribution >= 4 is 17.5 Å². The Morgan fingerprint density at radius 3 is 2.23 bits per heavy atom. The van der Waals surface area contributed by atoms with Gasteiger partial charge in [0.05, 0.1) is 33.1 Å². The van der Waals surface area contributed by atoms with Crippen molar-refractivity contribution in [2.45, 2.75) is 83.3 Å². The molecule has 40 heavy (non-hydrogen) atoms. The zero-order valence-electron chi connectivity index (χ0n) is 24.1. The van der Waals surface area contributed by atoms with Gasteiger partial charge in [0.15, 0.2) is 11.5 Å². The molecule has 0 aromatic heterocycles. The number of ether oxygens (including phenoxy) is 3. The van der Waals surface area contributed by atoms with Gasteiger partial charge in [-0.25, -0.2) is 0 Å². The lowest BCUT2D eigenvalue weighted by Crippen LogP contribution is -2.43. The molecule has 0 radical (unpaired) electrons. The van der Waals surface area contributed by atoms with Crippen LogP contribution in [0.15, 0.2) is 29.1 Å². The van der Waals surface area contributed by atoms with Crippen molar-refractivity contribution in [3.8, 4) is 28.4 Å². The second kappa shape index (κ2) is 13.1. The Hall–Kier alpha value is -3.75. The van der Waals surface area contributed by atoms with Crippen molar-refractivity contribution in [2.24, 2.45) is 0 Å². The SMILES string of the molecule is COc1cc2c(c(OC)c1OC)-c1ccc(N[C@H](C)C(=O)NC3CCCCCC3)c(=O)cc1[C@@H](NC(C)=O)CC2. The maximum Gasteiger partial charge on any atom is 0.242 e. The second-order valence-corrected chi connectivity index (χ2v) is 10.7. The second-order valence-electron chi connectivity index (χ2n) is 10.7. The number of nitrogens with one attached hydrogen (secondary N) is 3. The van der Waals surface area contributed by atoms with E-state index in [4.69, 9.17) is 14.2 Å². The zero-order valence-corrected chi connectivity index (χ0v) is 24.1. The molecule has 2 amide bonds. The van der Waals surface area contributed by atoms with Crippen LogP contribution < -0.4 is 35.6 Å². The van der Waals surface area contributed by atoms with Crippen LogP contribution in [0.5, 0.6) is 17.2 Å². The molecule has 2 aliphatic carbocycles. The Balaban J connectivity index is 1.76. The van der Waals surface area contributed by atoms with E-state index in [-0.39, 0.29) is 23.3 Å². The van der Waals surface area contributed by atoms with E-state index in [9.17, 15) is 14.4 Å². The monoisotopic (exact) mass is 551 g/mol. The Labute approximate surface area is 236 Å². The quantitative estimate of drug-likeness (QED) is 0.414. The number of benzene rings is 1. The summed E-state index contributed by atoms with van der Waals surface area (Å²) < 4.78 is 17.1. The first-order valence-corrected chi connectivity index (χ1v) is 14.1. The molecule has 2 aromatic rings. The highest BCUT2D eigenvalue weighted by Gasteiger charge is 2.29. The van der Waals surface area contributed by atoms with Gasteiger partial charge in [-0.3, -0.25) is 14.4 Å². The molecule has 0 unspecified atom stereocenters. The zero-order chi connectivity index (χ0) is 28.8. The Kier molecular flexibility index (Phi) is 9.55. The van der Waals surface area contributed by atoms with Gasteiger partial charge in [-0.05, 0) is 67.5 Å². The van der Waals surface area contributed by atoms with Crippen LogP contribution in [0.4, 0.5) is 5.69 Å². The van der Waals surface area contributed by atoms with E-state index in [2.05, 4.69) is 16.0 Å². The lowest BCUT2D eigenvalue weighted by atomic mass is 9.95. The van der Waals surface area contributed by atoms with Crippen molar-refractivity contribution in [3.63, 3.8) is 0 Å². The van der Waals surface area contributed by atoms with Crippen molar-refractivity contribution in [1.82, 2.24) is 10.6 Å². The van der Waals surface area contributed by atoms with Crippen LogP contribution in [0.25, 0.3) is 11.1 Å². The van der Waals surface area contributed by atoms with Crippen molar-refractivity contribution in [1.29, 1.82) is 0 Å². The van der Waals surface area contributed by atoms with Crippen LogP contribution in [0.3, 0.4) is 0 Å². The van der Waals surface area contributed by atoms with Gasteiger partial charge in [-0.1, -0.05) is 31.7 Å². The third-order valence-corrected chi connectivity index (χ3v) is 7.88. The molecule has 9 nitrogen and oxygen atoms in total. The minimum atomic E-state index is -0.601. The molecule has 216 valence electrons. The number of hydrogen-bond donors (Lipinski definition) is 3. The van der Waals surface area contributed by atoms with Gasteiger partial charge in [0.1, 0.15) is 6.04 Å². The van der Waals surface area contributed by atoms with Crippen LogP contribution in [0.1, 0.15) is 76.0 Å². The minimum absolute atomic E-state index is 0.126. The van der Waals surface area contributed by atoms with Gasteiger partial charge < -0.3 is 30.2 Å². The fraction of sp³-hybridized carbons (Fsp3) is 0.516. The third kappa shape index (κ3) is 6.35. The van der Waals surface area contributed by atoms with Crippen molar-refractivity contribution in [3.05, 3.63) is 45.6 Å². The largest absolute Gasteiger partial charge is 0.493 e. The van der Waals surface area contributed by atoms with Crippen molar-refractivity contribution in [2.75, 3.05) is 26.6 Å². The van der Waals surface area contributed by atoms with Gasteiger partial charge >= 0.3 is 0 Å². The third-order valence-electron chi connectivity index (χ3n) is 7.88. The normalized spacial score (nSPS) is 17.7. The van der Waals surface area contributed by atoms with E-state index < -0.39 is 12.1 Å². The topological polar surface area (TPSA) is 115 Å². The first kappa shape index (κ1) is 29.2. The number of hydrogen-bond acceptors (Lipinski definition) is 7. The van der Waals surface area contributed by atoms with Gasteiger partial charge in [-0.15, -0.1) is 0 Å². The highest BCUT2D eigenvalue weighted by Crippen LogP contribution is 2.50. The van der Waals surface area contributed by atoms with Gasteiger partial charge in [-0.2, -0.15) is 0 Å². The lowest BCUT2D eigenvalue weighted by molar-refractivity contribution is -0.122. The fourth-order valence-electron chi connectivity index (χ4n) is 5.88. The average Bonchev–Trinajstić information content (AvgIpc) is 3.34. The van der Waals surface area contributed by atoms with Crippen LogP contribution in [-0.2, 0) is 16.0 Å². The number of amides is 2. The number of rotatable bonds is 8. The van der Waals surface area contributed by atoms with Crippen LogP contribution in [-0.4, -0.2) is 45.2 Å². The van der Waals surface area contributed by atoms with E-state index in [1.807, 2.05) is 12.1 Å². The molecular formula is C31H41N3O6. The number of carbonyl (C=O) groups excluding carboxylic acids is 2. The molecule has 2 aromatic carbocycles. The summed E-state index contributed by atoms with van der Waals surface area (Å²) in [5, 5.41) is 9.30. The number of methoxy groups -OCH3 is 3. The molecule has 4 rings (SSSR count). The van der Waals surface area contributed by atoms with Gasteiger partial charge in [0, 0.05) is 18.5 Å². The first-order valence-electron chi connectivity index (χ1n) is 14.1. The molecular weight excluding hydrogens is 510 g/mol. The lowest BCUT2D eigenvalue weighted by Gasteiger charge is -2.20. The predicted octanol–water partition coefficient (Wildman–Crippen LogP) is 4.50. The van der Waals surface area contributed by atoms with E-state index in [1.54, 1.807) is 40.4 Å². The highest BCUT2D eigenvalue weighted by atomic mass is 16.5. The maximum absolute atomic E-state index is 13.5. The van der Waals surface area contributed by atoms with E-state index in [1.165, 1.54) is 19.8 Å². The molecule has 2 aliphatic rings. The molecule has 0 saturated heterocycles. The molecule has 9 heteroatoms. The van der Waals surface area contributed by atoms with E-state index in [0.717, 1.165) is 42.4 Å². The Bertz CT molecular complexity index is 1300. The summed E-state index contributed by atoms with van der Waals surface area (Å²) in [6.45, 7) is 3.23. The Morgan fingerprint density at radius 2 is 1.60 bits per heavy atom. The van der Waals surface area contributed by atoms with E-state index in [0.29, 0.717) is 41.3 Å². The number of fused-ring (bicyclic) bond motifs is 3. The average molecular weight is 552 g/mol. The summed E-state index contributed by atoms with van der Waals surface area (Å²) in [4.78, 5) is 38.7. The molecule has 0 spiro atoms. The molecule has 3 N–H and O–H groups in total. The number of aryl methyl sites for hydroxylation is 1. The molecule has 2 atom stereocenters. The van der Waals surface area contributed by atoms with Crippen molar-refractivity contribution < 1.29 is 23.8 Å². The predicted molar refractivity (Wildman–Crippen MR) is 155 cm³/mol. The van der Waals surface area contributed by atoms with Gasteiger partial charge in [0.2, 0.25) is 23.0 Å². The van der Waals surface area contributed by atoms with Crippen LogP contribution in [0.2, 0.25) is 0 Å². The number of anilines is 1. The maximum atomic E-state index is 13.5. The molecule has 0 bridgehead atoms. The van der Waals surface area contributed by atoms with Crippen LogP contribution >= 0.6 is 0 Å². The fourth-order valence-corrected chi connectivity index (χ4v) is 5.88. The van der Waals surface area contributed by atoms with Crippen LogP contribution in [0, 0.1) is 0 Å². The summed E-state index contributed by atoms with van der Waals surface area (Å²) in [6, 6.07) is 6.19. The number of carbonyl (C=O) groups is 2. The minimum Gasteiger partial charge on any atom is -0.493 e. The molecule has 1 fully saturated rings. The summed E-state index contributed by atoms with van der Waals surface area (Å²) in [5.74, 6) is 1.16. The first-order chi connectivity index (χ1) is 19.3. The van der Waals surface area contributed by atoms with E-state index >= 15 is 0 Å². The molecule has 0 heterocycles. The Morgan fingerprint density at radius 1 is 0.900 bits per heavy atom. The summed E-state index contributed by atoms with van der Waals surface area (Å²) >= 11 is 0. The molecule has 0 aliphatic heterocycles. The standard InChI is InChI=1S/C31H41N3O6/c1-18(31(37)34-21-10-8-6-7-9-11-21)32-25-15-13-22-23(17-26(25)36)24(33-19(2)35)14-12-20-16-27(38-3)29(39-4)30(40-5)28(20)22/h13,15-18,21,24H,6-12,14H2,1-5H3,(H,32,36)(H,33,35)(H,34,37)/t18-,24+/m1/s1. The van der Waals surface area contributed by atoms with Gasteiger partial charge in [0.25, 0.3) is 0 Å². The molecule has 1 saturated carbocycles. The summed E-state index contributed by atoms with van der Waals surface area (Å²) in [7, 11) is 4.69. The summed E-state index contributed by atoms with van der Waals surface area (Å²) in [6.07, 6.45) is 7.81. The smallest absolute Gasteiger partial charge is 0.242 e.